The van der Waals surface area contributed by atoms with Gasteiger partial charge in [-0.1, -0.05) is 12.1 Å². The summed E-state index contributed by atoms with van der Waals surface area (Å²) >= 11 is 0. The highest BCUT2D eigenvalue weighted by atomic mass is 28.4. The lowest BCUT2D eigenvalue weighted by molar-refractivity contribution is 0.557. The van der Waals surface area contributed by atoms with E-state index in [-0.39, 0.29) is 5.56 Å². The van der Waals surface area contributed by atoms with E-state index in [1.54, 1.807) is 4.57 Å². The average molecular weight is 338 g/mol. The molecule has 0 bridgehead atoms. The van der Waals surface area contributed by atoms with Gasteiger partial charge in [0.25, 0.3) is 5.56 Å². The second-order valence-electron chi connectivity index (χ2n) is 6.98. The van der Waals surface area contributed by atoms with Gasteiger partial charge in [-0.3, -0.25) is 9.36 Å². The molecule has 0 saturated carbocycles. The Hall–Kier alpha value is -2.40. The molecule has 1 aromatic heterocycles. The van der Waals surface area contributed by atoms with Gasteiger partial charge in [0.15, 0.2) is 0 Å². The molecule has 124 valence electrons. The van der Waals surface area contributed by atoms with Gasteiger partial charge in [0.2, 0.25) is 8.32 Å². The van der Waals surface area contributed by atoms with Crippen molar-refractivity contribution in [1.82, 2.24) is 9.55 Å². The lowest BCUT2D eigenvalue weighted by Crippen LogP contribution is -2.29. The second kappa shape index (κ2) is 5.91. The summed E-state index contributed by atoms with van der Waals surface area (Å²) in [5.41, 5.74) is 2.53. The van der Waals surface area contributed by atoms with E-state index in [1.807, 2.05) is 56.3 Å². The molecule has 0 radical (unpaired) electrons. The van der Waals surface area contributed by atoms with E-state index in [2.05, 4.69) is 24.6 Å². The monoisotopic (exact) mass is 338 g/mol. The summed E-state index contributed by atoms with van der Waals surface area (Å²) in [4.78, 5) is 17.5. The smallest absolute Gasteiger partial charge is 0.265 e. The van der Waals surface area contributed by atoms with Crippen molar-refractivity contribution in [3.63, 3.8) is 0 Å². The van der Waals surface area contributed by atoms with E-state index < -0.39 is 8.32 Å². The van der Waals surface area contributed by atoms with Crippen LogP contribution in [-0.2, 0) is 0 Å². The van der Waals surface area contributed by atoms with Crippen LogP contribution in [0.3, 0.4) is 0 Å². The summed E-state index contributed by atoms with van der Waals surface area (Å²) in [5, 5.41) is 0.630. The summed E-state index contributed by atoms with van der Waals surface area (Å²) in [5.74, 6) is 1.54. The van der Waals surface area contributed by atoms with Crippen LogP contribution in [0.4, 0.5) is 0 Å². The number of benzene rings is 2. The number of hydrogen-bond acceptors (Lipinski definition) is 3. The predicted molar refractivity (Wildman–Crippen MR) is 101 cm³/mol. The average Bonchev–Trinajstić information content (AvgIpc) is 2.47. The van der Waals surface area contributed by atoms with E-state index in [0.717, 1.165) is 22.5 Å². The zero-order valence-electron chi connectivity index (χ0n) is 14.8. The molecule has 24 heavy (non-hydrogen) atoms. The van der Waals surface area contributed by atoms with E-state index in [9.17, 15) is 4.79 Å². The number of rotatable bonds is 3. The van der Waals surface area contributed by atoms with Crippen LogP contribution in [0, 0.1) is 13.8 Å². The van der Waals surface area contributed by atoms with Gasteiger partial charge in [-0.05, 0) is 69.4 Å². The van der Waals surface area contributed by atoms with Gasteiger partial charge in [-0.2, -0.15) is 0 Å². The highest BCUT2D eigenvalue weighted by Crippen LogP contribution is 2.23. The molecule has 0 aliphatic heterocycles. The Morgan fingerprint density at radius 3 is 2.42 bits per heavy atom. The molecule has 0 aliphatic rings. The van der Waals surface area contributed by atoms with Crippen molar-refractivity contribution < 1.29 is 4.43 Å². The van der Waals surface area contributed by atoms with E-state index in [1.165, 1.54) is 0 Å². The molecule has 1 heterocycles. The third-order valence-corrected chi connectivity index (χ3v) is 4.62. The topological polar surface area (TPSA) is 44.1 Å². The molecule has 0 atom stereocenters. The van der Waals surface area contributed by atoms with Crippen molar-refractivity contribution >= 4 is 19.2 Å². The molecule has 0 amide bonds. The van der Waals surface area contributed by atoms with Crippen LogP contribution in [0.1, 0.15) is 11.4 Å². The molecule has 0 unspecified atom stereocenters. The normalized spacial score (nSPS) is 11.7. The fraction of sp³-hybridized carbons (Fsp3) is 0.263. The van der Waals surface area contributed by atoms with Gasteiger partial charge < -0.3 is 4.43 Å². The molecule has 0 saturated heterocycles. The van der Waals surface area contributed by atoms with Crippen LogP contribution < -0.4 is 9.99 Å². The Balaban J connectivity index is 2.16. The second-order valence-corrected chi connectivity index (χ2v) is 11.4. The lowest BCUT2D eigenvalue weighted by Gasteiger charge is -2.20. The lowest BCUT2D eigenvalue weighted by atomic mass is 10.1. The van der Waals surface area contributed by atoms with E-state index in [0.29, 0.717) is 11.2 Å². The standard InChI is InChI=1S/C19H22N2O2Si/c1-13-12-15(23-24(3,4)5)10-11-18(13)21-14(2)20-17-9-7-6-8-16(17)19(21)22/h6-12H,1-5H3. The van der Waals surface area contributed by atoms with Gasteiger partial charge in [-0.25, -0.2) is 4.98 Å². The highest BCUT2D eigenvalue weighted by Gasteiger charge is 2.17. The van der Waals surface area contributed by atoms with Crippen molar-refractivity contribution in [2.24, 2.45) is 0 Å². The summed E-state index contributed by atoms with van der Waals surface area (Å²) in [6.45, 7) is 10.3. The summed E-state index contributed by atoms with van der Waals surface area (Å²) < 4.78 is 7.72. The first-order valence-electron chi connectivity index (χ1n) is 8.05. The van der Waals surface area contributed by atoms with E-state index in [4.69, 9.17) is 4.43 Å². The fourth-order valence-electron chi connectivity index (χ4n) is 2.82. The third-order valence-electron chi connectivity index (χ3n) is 3.78. The largest absolute Gasteiger partial charge is 0.544 e. The van der Waals surface area contributed by atoms with Crippen molar-refractivity contribution in [2.75, 3.05) is 0 Å². The quantitative estimate of drug-likeness (QED) is 0.672. The number of nitrogens with zero attached hydrogens (tertiary/aromatic N) is 2. The van der Waals surface area contributed by atoms with Crippen molar-refractivity contribution in [1.29, 1.82) is 0 Å². The van der Waals surface area contributed by atoms with Gasteiger partial charge in [0.1, 0.15) is 11.6 Å². The minimum absolute atomic E-state index is 0.0416. The molecule has 0 fully saturated rings. The summed E-state index contributed by atoms with van der Waals surface area (Å²) in [6.07, 6.45) is 0. The SMILES string of the molecule is Cc1cc(O[Si](C)(C)C)ccc1-n1c(C)nc2ccccc2c1=O. The maximum absolute atomic E-state index is 12.9. The maximum Gasteiger partial charge on any atom is 0.265 e. The third kappa shape index (κ3) is 3.12. The molecule has 0 spiro atoms. The van der Waals surface area contributed by atoms with Crippen molar-refractivity contribution in [2.45, 2.75) is 33.5 Å². The molecule has 0 aliphatic carbocycles. The molecule has 4 nitrogen and oxygen atoms in total. The molecule has 0 N–H and O–H groups in total. The Morgan fingerprint density at radius 2 is 1.75 bits per heavy atom. The first-order chi connectivity index (χ1) is 11.3. The van der Waals surface area contributed by atoms with Gasteiger partial charge in [-0.15, -0.1) is 0 Å². The minimum Gasteiger partial charge on any atom is -0.544 e. The van der Waals surface area contributed by atoms with Crippen LogP contribution in [-0.4, -0.2) is 17.9 Å². The van der Waals surface area contributed by atoms with Crippen LogP contribution in [0.25, 0.3) is 16.6 Å². The fourth-order valence-corrected chi connectivity index (χ4v) is 3.66. The first kappa shape index (κ1) is 16.5. The molecule has 3 aromatic rings. The maximum atomic E-state index is 12.9. The van der Waals surface area contributed by atoms with Gasteiger partial charge in [0, 0.05) is 0 Å². The van der Waals surface area contributed by atoms with Crippen molar-refractivity contribution in [3.8, 4) is 11.4 Å². The zero-order valence-corrected chi connectivity index (χ0v) is 15.8. The molecule has 2 aromatic carbocycles. The Bertz CT molecular complexity index is 971. The Kier molecular flexibility index (Phi) is 4.05. The number of aryl methyl sites for hydroxylation is 2. The number of para-hydroxylation sites is 1. The Labute approximate surface area is 142 Å². The van der Waals surface area contributed by atoms with Crippen LogP contribution in [0.15, 0.2) is 47.3 Å². The number of fused-ring (bicyclic) bond motifs is 1. The summed E-state index contributed by atoms with van der Waals surface area (Å²) in [7, 11) is -1.66. The predicted octanol–water partition coefficient (Wildman–Crippen LogP) is 4.22. The highest BCUT2D eigenvalue weighted by molar-refractivity contribution is 6.70. The van der Waals surface area contributed by atoms with Crippen LogP contribution >= 0.6 is 0 Å². The minimum atomic E-state index is -1.66. The Morgan fingerprint density at radius 1 is 1.04 bits per heavy atom. The zero-order chi connectivity index (χ0) is 17.5. The van der Waals surface area contributed by atoms with Gasteiger partial charge in [0.05, 0.1) is 16.6 Å². The first-order valence-corrected chi connectivity index (χ1v) is 11.5. The molecular formula is C19H22N2O2Si. The number of hydrogen-bond donors (Lipinski definition) is 0. The van der Waals surface area contributed by atoms with Crippen LogP contribution in [0.2, 0.25) is 19.6 Å². The number of aromatic nitrogens is 2. The molecule has 3 rings (SSSR count). The van der Waals surface area contributed by atoms with Crippen LogP contribution in [0.5, 0.6) is 5.75 Å². The van der Waals surface area contributed by atoms with Crippen molar-refractivity contribution in [3.05, 3.63) is 64.2 Å². The van der Waals surface area contributed by atoms with Gasteiger partial charge >= 0.3 is 0 Å². The molecular weight excluding hydrogens is 316 g/mol. The van der Waals surface area contributed by atoms with E-state index >= 15 is 0 Å². The molecule has 5 heteroatoms. The summed E-state index contributed by atoms with van der Waals surface area (Å²) in [6, 6.07) is 13.3.